The Labute approximate surface area is 133 Å². The third-order valence-electron chi connectivity index (χ3n) is 4.64. The second kappa shape index (κ2) is 7.63. The van der Waals surface area contributed by atoms with Gasteiger partial charge in [-0.2, -0.15) is 0 Å². The molecule has 0 spiro atoms. The number of amides is 2. The summed E-state index contributed by atoms with van der Waals surface area (Å²) in [5.74, 6) is 0.513. The van der Waals surface area contributed by atoms with Gasteiger partial charge < -0.3 is 15.3 Å². The Bertz CT molecular complexity index is 504. The Morgan fingerprint density at radius 2 is 2.23 bits per heavy atom. The lowest BCUT2D eigenvalue weighted by atomic mass is 9.99. The van der Waals surface area contributed by atoms with E-state index < -0.39 is 0 Å². The second-order valence-corrected chi connectivity index (χ2v) is 6.64. The molecule has 3 atom stereocenters. The maximum atomic E-state index is 12.2. The SMILES string of the molecule is Cc1cccc(C(C)CNC(=O)N(C)CC2CCCC2O)c1. The van der Waals surface area contributed by atoms with Crippen molar-refractivity contribution in [1.29, 1.82) is 0 Å². The van der Waals surface area contributed by atoms with Gasteiger partial charge >= 0.3 is 6.03 Å². The second-order valence-electron chi connectivity index (χ2n) is 6.64. The van der Waals surface area contributed by atoms with Crippen LogP contribution in [0.2, 0.25) is 0 Å². The van der Waals surface area contributed by atoms with Crippen LogP contribution >= 0.6 is 0 Å². The van der Waals surface area contributed by atoms with E-state index in [0.29, 0.717) is 13.1 Å². The van der Waals surface area contributed by atoms with Crippen LogP contribution in [0, 0.1) is 12.8 Å². The van der Waals surface area contributed by atoms with Crippen LogP contribution in [-0.2, 0) is 0 Å². The van der Waals surface area contributed by atoms with Crippen molar-refractivity contribution in [3.8, 4) is 0 Å². The highest BCUT2D eigenvalue weighted by atomic mass is 16.3. The standard InChI is InChI=1S/C18H28N2O2/c1-13-6-4-7-15(10-13)14(2)11-19-18(22)20(3)12-16-8-5-9-17(16)21/h4,6-7,10,14,16-17,21H,5,8-9,11-12H2,1-3H3,(H,19,22). The normalized spacial score (nSPS) is 22.4. The van der Waals surface area contributed by atoms with Crippen molar-refractivity contribution in [2.45, 2.75) is 45.1 Å². The summed E-state index contributed by atoms with van der Waals surface area (Å²) in [6, 6.07) is 8.34. The summed E-state index contributed by atoms with van der Waals surface area (Å²) < 4.78 is 0. The number of carbonyl (C=O) groups is 1. The minimum atomic E-state index is -0.249. The molecule has 4 heteroatoms. The Morgan fingerprint density at radius 1 is 1.45 bits per heavy atom. The monoisotopic (exact) mass is 304 g/mol. The number of carbonyl (C=O) groups excluding carboxylic acids is 1. The maximum Gasteiger partial charge on any atom is 0.317 e. The largest absolute Gasteiger partial charge is 0.393 e. The first-order chi connectivity index (χ1) is 10.5. The first kappa shape index (κ1) is 16.8. The Morgan fingerprint density at radius 3 is 2.86 bits per heavy atom. The molecule has 2 rings (SSSR count). The van der Waals surface area contributed by atoms with E-state index in [-0.39, 0.29) is 24.0 Å². The lowest BCUT2D eigenvalue weighted by Crippen LogP contribution is -2.42. The van der Waals surface area contributed by atoms with Crippen LogP contribution in [0.4, 0.5) is 4.79 Å². The summed E-state index contributed by atoms with van der Waals surface area (Å²) in [6.45, 7) is 5.46. The molecule has 2 N–H and O–H groups in total. The van der Waals surface area contributed by atoms with Crippen molar-refractivity contribution < 1.29 is 9.90 Å². The zero-order valence-corrected chi connectivity index (χ0v) is 13.9. The van der Waals surface area contributed by atoms with Gasteiger partial charge in [-0.1, -0.05) is 43.2 Å². The molecule has 0 saturated heterocycles. The molecule has 2 amide bonds. The highest BCUT2D eigenvalue weighted by Crippen LogP contribution is 2.26. The van der Waals surface area contributed by atoms with Crippen LogP contribution in [0.15, 0.2) is 24.3 Å². The summed E-state index contributed by atoms with van der Waals surface area (Å²) in [7, 11) is 1.80. The summed E-state index contributed by atoms with van der Waals surface area (Å²) in [4.78, 5) is 13.9. The molecule has 1 aliphatic rings. The van der Waals surface area contributed by atoms with Gasteiger partial charge in [-0.25, -0.2) is 4.79 Å². The number of urea groups is 1. The maximum absolute atomic E-state index is 12.2. The summed E-state index contributed by atoms with van der Waals surface area (Å²) in [5.41, 5.74) is 2.48. The topological polar surface area (TPSA) is 52.6 Å². The number of hydrogen-bond donors (Lipinski definition) is 2. The number of nitrogens with one attached hydrogen (secondary N) is 1. The van der Waals surface area contributed by atoms with E-state index in [1.54, 1.807) is 11.9 Å². The van der Waals surface area contributed by atoms with Crippen LogP contribution in [0.3, 0.4) is 0 Å². The van der Waals surface area contributed by atoms with Crippen LogP contribution in [0.25, 0.3) is 0 Å². The van der Waals surface area contributed by atoms with Crippen molar-refractivity contribution in [2.75, 3.05) is 20.1 Å². The number of nitrogens with zero attached hydrogens (tertiary/aromatic N) is 1. The predicted molar refractivity (Wildman–Crippen MR) is 89.0 cm³/mol. The van der Waals surface area contributed by atoms with Gasteiger partial charge in [0.1, 0.15) is 0 Å². The number of benzene rings is 1. The fourth-order valence-corrected chi connectivity index (χ4v) is 3.13. The van der Waals surface area contributed by atoms with E-state index in [4.69, 9.17) is 0 Å². The average molecular weight is 304 g/mol. The Balaban J connectivity index is 1.79. The molecule has 0 bridgehead atoms. The van der Waals surface area contributed by atoms with Crippen molar-refractivity contribution in [3.05, 3.63) is 35.4 Å². The van der Waals surface area contributed by atoms with Gasteiger partial charge in [-0.3, -0.25) is 0 Å². The number of rotatable bonds is 5. The average Bonchev–Trinajstić information content (AvgIpc) is 2.89. The van der Waals surface area contributed by atoms with E-state index in [0.717, 1.165) is 19.3 Å². The van der Waals surface area contributed by atoms with Gasteiger partial charge in [-0.05, 0) is 31.2 Å². The molecular weight excluding hydrogens is 276 g/mol. The highest BCUT2D eigenvalue weighted by molar-refractivity contribution is 5.73. The lowest BCUT2D eigenvalue weighted by molar-refractivity contribution is 0.114. The fourth-order valence-electron chi connectivity index (χ4n) is 3.13. The van der Waals surface area contributed by atoms with Crippen molar-refractivity contribution >= 4 is 6.03 Å². The Hall–Kier alpha value is -1.55. The van der Waals surface area contributed by atoms with E-state index in [2.05, 4.69) is 43.4 Å². The molecule has 122 valence electrons. The minimum absolute atomic E-state index is 0.0568. The number of aliphatic hydroxyl groups is 1. The van der Waals surface area contributed by atoms with Crippen molar-refractivity contribution in [3.63, 3.8) is 0 Å². The van der Waals surface area contributed by atoms with E-state index in [9.17, 15) is 9.90 Å². The van der Waals surface area contributed by atoms with Crippen molar-refractivity contribution in [1.82, 2.24) is 10.2 Å². The zero-order valence-electron chi connectivity index (χ0n) is 13.9. The van der Waals surface area contributed by atoms with Crippen LogP contribution in [0.1, 0.15) is 43.2 Å². The highest BCUT2D eigenvalue weighted by Gasteiger charge is 2.27. The van der Waals surface area contributed by atoms with Gasteiger partial charge in [0.25, 0.3) is 0 Å². The number of aliphatic hydroxyl groups excluding tert-OH is 1. The van der Waals surface area contributed by atoms with Gasteiger partial charge in [0.2, 0.25) is 0 Å². The third kappa shape index (κ3) is 4.47. The molecule has 22 heavy (non-hydrogen) atoms. The molecule has 1 saturated carbocycles. The van der Waals surface area contributed by atoms with E-state index >= 15 is 0 Å². The molecule has 1 aromatic carbocycles. The van der Waals surface area contributed by atoms with Gasteiger partial charge in [0.15, 0.2) is 0 Å². The summed E-state index contributed by atoms with van der Waals surface area (Å²) in [6.07, 6.45) is 2.69. The van der Waals surface area contributed by atoms with Crippen LogP contribution in [0.5, 0.6) is 0 Å². The van der Waals surface area contributed by atoms with Gasteiger partial charge in [-0.15, -0.1) is 0 Å². The van der Waals surface area contributed by atoms with E-state index in [1.165, 1.54) is 11.1 Å². The molecule has 0 heterocycles. The molecule has 0 aliphatic heterocycles. The van der Waals surface area contributed by atoms with Crippen LogP contribution < -0.4 is 5.32 Å². The smallest absolute Gasteiger partial charge is 0.317 e. The molecule has 1 aromatic rings. The minimum Gasteiger partial charge on any atom is -0.393 e. The first-order valence-electron chi connectivity index (χ1n) is 8.21. The van der Waals surface area contributed by atoms with E-state index in [1.807, 2.05) is 0 Å². The van der Waals surface area contributed by atoms with Crippen molar-refractivity contribution in [2.24, 2.45) is 5.92 Å². The molecule has 0 radical (unpaired) electrons. The molecule has 1 aliphatic carbocycles. The molecule has 4 nitrogen and oxygen atoms in total. The quantitative estimate of drug-likeness (QED) is 0.879. The number of hydrogen-bond acceptors (Lipinski definition) is 2. The third-order valence-corrected chi connectivity index (χ3v) is 4.64. The number of aryl methyl sites for hydroxylation is 1. The zero-order chi connectivity index (χ0) is 16.1. The first-order valence-corrected chi connectivity index (χ1v) is 8.21. The molecule has 0 aromatic heterocycles. The van der Waals surface area contributed by atoms with Gasteiger partial charge in [0, 0.05) is 26.1 Å². The fraction of sp³-hybridized carbons (Fsp3) is 0.611. The summed E-state index contributed by atoms with van der Waals surface area (Å²) >= 11 is 0. The summed E-state index contributed by atoms with van der Waals surface area (Å²) in [5, 5.41) is 12.8. The molecular formula is C18H28N2O2. The Kier molecular flexibility index (Phi) is 5.83. The predicted octanol–water partition coefficient (Wildman–Crippen LogP) is 2.90. The van der Waals surface area contributed by atoms with Crippen LogP contribution in [-0.4, -0.2) is 42.3 Å². The molecule has 1 fully saturated rings. The lowest BCUT2D eigenvalue weighted by Gasteiger charge is -2.24. The molecule has 3 unspecified atom stereocenters. The van der Waals surface area contributed by atoms with Gasteiger partial charge in [0.05, 0.1) is 6.10 Å².